The highest BCUT2D eigenvalue weighted by Crippen LogP contribution is 2.34. The summed E-state index contributed by atoms with van der Waals surface area (Å²) in [5, 5.41) is 3.61. The second kappa shape index (κ2) is 7.48. The van der Waals surface area contributed by atoms with Gasteiger partial charge in [0.15, 0.2) is 0 Å². The fraction of sp³-hybridized carbons (Fsp3) is 0.941. The van der Waals surface area contributed by atoms with Crippen molar-refractivity contribution in [2.24, 2.45) is 5.41 Å². The van der Waals surface area contributed by atoms with Gasteiger partial charge in [-0.15, -0.1) is 0 Å². The average molecular weight is 298 g/mol. The maximum absolute atomic E-state index is 12.1. The van der Waals surface area contributed by atoms with Gasteiger partial charge in [0.1, 0.15) is 5.60 Å². The van der Waals surface area contributed by atoms with Crippen LogP contribution in [0.5, 0.6) is 0 Å². The molecule has 1 fully saturated rings. The molecule has 1 amide bonds. The Balaban J connectivity index is 2.33. The minimum absolute atomic E-state index is 0.212. The number of rotatable bonds is 5. The quantitative estimate of drug-likeness (QED) is 0.839. The van der Waals surface area contributed by atoms with Gasteiger partial charge in [0, 0.05) is 25.7 Å². The molecule has 4 nitrogen and oxygen atoms in total. The summed E-state index contributed by atoms with van der Waals surface area (Å²) < 4.78 is 5.43. The van der Waals surface area contributed by atoms with E-state index in [0.717, 1.165) is 6.54 Å². The van der Waals surface area contributed by atoms with Crippen LogP contribution in [0.1, 0.15) is 67.2 Å². The summed E-state index contributed by atoms with van der Waals surface area (Å²) in [6.45, 7) is 14.6. The van der Waals surface area contributed by atoms with Gasteiger partial charge in [-0.3, -0.25) is 0 Å². The van der Waals surface area contributed by atoms with Crippen molar-refractivity contribution in [3.05, 3.63) is 0 Å². The Morgan fingerprint density at radius 1 is 1.38 bits per heavy atom. The third-order valence-corrected chi connectivity index (χ3v) is 4.05. The van der Waals surface area contributed by atoms with E-state index in [4.69, 9.17) is 4.74 Å². The van der Waals surface area contributed by atoms with Crippen LogP contribution in [-0.4, -0.2) is 42.3 Å². The number of hydrogen-bond donors (Lipinski definition) is 1. The molecule has 0 heterocycles. The second-order valence-corrected chi connectivity index (χ2v) is 7.97. The van der Waals surface area contributed by atoms with Gasteiger partial charge in [-0.2, -0.15) is 0 Å². The molecule has 0 bridgehead atoms. The standard InChI is InChI=1S/C17H34N2O2/c1-7-19(15(20)21-16(2,3)4)12-11-18-14-9-8-10-17(5,6)13-14/h14,18H,7-13H2,1-6H3. The fourth-order valence-electron chi connectivity index (χ4n) is 2.98. The predicted molar refractivity (Wildman–Crippen MR) is 87.5 cm³/mol. The first kappa shape index (κ1) is 18.3. The van der Waals surface area contributed by atoms with Gasteiger partial charge in [0.2, 0.25) is 0 Å². The zero-order valence-electron chi connectivity index (χ0n) is 14.8. The lowest BCUT2D eigenvalue weighted by atomic mass is 9.75. The van der Waals surface area contributed by atoms with Crippen LogP contribution in [0.15, 0.2) is 0 Å². The number of likely N-dealkylation sites (N-methyl/N-ethyl adjacent to an activating group) is 1. The summed E-state index contributed by atoms with van der Waals surface area (Å²) in [5.74, 6) is 0. The van der Waals surface area contributed by atoms with Crippen molar-refractivity contribution in [1.29, 1.82) is 0 Å². The van der Waals surface area contributed by atoms with E-state index < -0.39 is 5.60 Å². The number of amides is 1. The molecule has 1 rings (SSSR count). The first-order valence-corrected chi connectivity index (χ1v) is 8.34. The van der Waals surface area contributed by atoms with Gasteiger partial charge >= 0.3 is 6.09 Å². The van der Waals surface area contributed by atoms with E-state index in [2.05, 4.69) is 19.2 Å². The molecule has 0 aromatic rings. The summed E-state index contributed by atoms with van der Waals surface area (Å²) in [6, 6.07) is 0.589. The van der Waals surface area contributed by atoms with Crippen LogP contribution in [0.4, 0.5) is 4.79 Å². The van der Waals surface area contributed by atoms with Gasteiger partial charge in [-0.25, -0.2) is 4.79 Å². The van der Waals surface area contributed by atoms with Gasteiger partial charge < -0.3 is 15.0 Å². The molecule has 0 spiro atoms. The smallest absolute Gasteiger partial charge is 0.410 e. The Labute approximate surface area is 130 Å². The molecule has 0 aromatic carbocycles. The normalized spacial score (nSPS) is 21.9. The van der Waals surface area contributed by atoms with Crippen LogP contribution < -0.4 is 5.32 Å². The van der Waals surface area contributed by atoms with Crippen LogP contribution >= 0.6 is 0 Å². The molecule has 21 heavy (non-hydrogen) atoms. The van der Waals surface area contributed by atoms with Gasteiger partial charge in [-0.1, -0.05) is 20.3 Å². The highest BCUT2D eigenvalue weighted by molar-refractivity contribution is 5.68. The lowest BCUT2D eigenvalue weighted by molar-refractivity contribution is 0.0259. The molecule has 0 aliphatic heterocycles. The summed E-state index contributed by atoms with van der Waals surface area (Å²) in [6.07, 6.45) is 4.89. The molecule has 1 atom stereocenters. The van der Waals surface area contributed by atoms with Crippen LogP contribution in [0, 0.1) is 5.41 Å². The van der Waals surface area contributed by atoms with Crippen LogP contribution in [0.2, 0.25) is 0 Å². The first-order chi connectivity index (χ1) is 9.63. The molecule has 4 heteroatoms. The number of ether oxygens (including phenoxy) is 1. The highest BCUT2D eigenvalue weighted by Gasteiger charge is 2.27. The topological polar surface area (TPSA) is 41.6 Å². The minimum atomic E-state index is -0.425. The van der Waals surface area contributed by atoms with E-state index in [0.29, 0.717) is 24.5 Å². The first-order valence-electron chi connectivity index (χ1n) is 8.34. The lowest BCUT2D eigenvalue weighted by Crippen LogP contribution is -2.44. The summed E-state index contributed by atoms with van der Waals surface area (Å²) in [5.41, 5.74) is 0.0247. The third-order valence-electron chi connectivity index (χ3n) is 4.05. The molecule has 124 valence electrons. The highest BCUT2D eigenvalue weighted by atomic mass is 16.6. The molecule has 1 saturated carbocycles. The van der Waals surface area contributed by atoms with Gasteiger partial charge in [0.25, 0.3) is 0 Å². The van der Waals surface area contributed by atoms with E-state index in [1.807, 2.05) is 27.7 Å². The summed E-state index contributed by atoms with van der Waals surface area (Å²) in [4.78, 5) is 13.8. The van der Waals surface area contributed by atoms with E-state index in [1.54, 1.807) is 4.90 Å². The maximum atomic E-state index is 12.1. The number of carbonyl (C=O) groups is 1. The van der Waals surface area contributed by atoms with Crippen LogP contribution in [0.3, 0.4) is 0 Å². The van der Waals surface area contributed by atoms with Gasteiger partial charge in [0.05, 0.1) is 0 Å². The third kappa shape index (κ3) is 7.16. The maximum Gasteiger partial charge on any atom is 0.410 e. The SMILES string of the molecule is CCN(CCNC1CCCC(C)(C)C1)C(=O)OC(C)(C)C. The van der Waals surface area contributed by atoms with Crippen molar-refractivity contribution >= 4 is 6.09 Å². The molecule has 0 saturated heterocycles. The predicted octanol–water partition coefficient (Wildman–Crippen LogP) is 3.80. The van der Waals surface area contributed by atoms with Crippen molar-refractivity contribution in [2.75, 3.05) is 19.6 Å². The molecular weight excluding hydrogens is 264 g/mol. The van der Waals surface area contributed by atoms with Crippen molar-refractivity contribution in [2.45, 2.75) is 78.9 Å². The number of nitrogens with zero attached hydrogens (tertiary/aromatic N) is 1. The van der Waals surface area contributed by atoms with E-state index in [9.17, 15) is 4.79 Å². The molecular formula is C17H34N2O2. The van der Waals surface area contributed by atoms with E-state index in [1.165, 1.54) is 25.7 Å². The Morgan fingerprint density at radius 2 is 2.05 bits per heavy atom. The van der Waals surface area contributed by atoms with Crippen molar-refractivity contribution in [3.8, 4) is 0 Å². The van der Waals surface area contributed by atoms with Crippen molar-refractivity contribution < 1.29 is 9.53 Å². The number of carbonyl (C=O) groups excluding carboxylic acids is 1. The lowest BCUT2D eigenvalue weighted by Gasteiger charge is -2.36. The summed E-state index contributed by atoms with van der Waals surface area (Å²) in [7, 11) is 0. The van der Waals surface area contributed by atoms with Crippen LogP contribution in [-0.2, 0) is 4.74 Å². The second-order valence-electron chi connectivity index (χ2n) is 7.97. The number of nitrogens with one attached hydrogen (secondary N) is 1. The molecule has 0 aromatic heterocycles. The Morgan fingerprint density at radius 3 is 2.57 bits per heavy atom. The Bertz CT molecular complexity index is 334. The zero-order valence-corrected chi connectivity index (χ0v) is 14.8. The van der Waals surface area contributed by atoms with Crippen molar-refractivity contribution in [1.82, 2.24) is 10.2 Å². The van der Waals surface area contributed by atoms with E-state index in [-0.39, 0.29) is 6.09 Å². The summed E-state index contributed by atoms with van der Waals surface area (Å²) >= 11 is 0. The van der Waals surface area contributed by atoms with Gasteiger partial charge in [-0.05, 0) is 52.4 Å². The van der Waals surface area contributed by atoms with E-state index >= 15 is 0 Å². The molecule has 1 N–H and O–H groups in total. The average Bonchev–Trinajstić information content (AvgIpc) is 2.31. The molecule has 1 aliphatic rings. The fourth-order valence-corrected chi connectivity index (χ4v) is 2.98. The molecule has 1 unspecified atom stereocenters. The Kier molecular flexibility index (Phi) is 6.51. The monoisotopic (exact) mass is 298 g/mol. The zero-order chi connectivity index (χ0) is 16.1. The largest absolute Gasteiger partial charge is 0.444 e. The number of hydrogen-bond acceptors (Lipinski definition) is 3. The Hall–Kier alpha value is -0.770. The minimum Gasteiger partial charge on any atom is -0.444 e. The van der Waals surface area contributed by atoms with Crippen LogP contribution in [0.25, 0.3) is 0 Å². The van der Waals surface area contributed by atoms with Crippen molar-refractivity contribution in [3.63, 3.8) is 0 Å². The molecule has 0 radical (unpaired) electrons. The molecule has 1 aliphatic carbocycles.